The number of nitrogens with zero attached hydrogens (tertiary/aromatic N) is 1. The van der Waals surface area contributed by atoms with Crippen LogP contribution in [0.15, 0.2) is 24.3 Å². The number of hydrogen-bond acceptors (Lipinski definition) is 5. The normalized spacial score (nSPS) is 19.8. The number of sulfone groups is 1. The molecular formula is C15H20N2O2S2. The first-order valence-electron chi connectivity index (χ1n) is 6.79. The summed E-state index contributed by atoms with van der Waals surface area (Å²) in [5.74, 6) is 7.43. The predicted molar refractivity (Wildman–Crippen MR) is 88.7 cm³/mol. The Morgan fingerprint density at radius 2 is 2.10 bits per heavy atom. The Bertz CT molecular complexity index is 630. The van der Waals surface area contributed by atoms with E-state index in [1.807, 2.05) is 29.2 Å². The lowest BCUT2D eigenvalue weighted by Crippen LogP contribution is -2.46. The lowest BCUT2D eigenvalue weighted by Gasteiger charge is -2.33. The molecule has 1 heterocycles. The molecule has 0 amide bonds. The SMILES string of the molecule is CS(=O)(=O)C1CSCCN1Cc1ccc(C#CCN)cc1. The minimum atomic E-state index is -3.05. The highest BCUT2D eigenvalue weighted by molar-refractivity contribution is 8.00. The van der Waals surface area contributed by atoms with Gasteiger partial charge in [0.1, 0.15) is 5.37 Å². The predicted octanol–water partition coefficient (Wildman–Crippen LogP) is 0.916. The quantitative estimate of drug-likeness (QED) is 0.838. The molecule has 1 unspecified atom stereocenters. The summed E-state index contributed by atoms with van der Waals surface area (Å²) < 4.78 is 23.7. The van der Waals surface area contributed by atoms with Crippen molar-refractivity contribution in [2.24, 2.45) is 5.73 Å². The number of hydrogen-bond donors (Lipinski definition) is 1. The van der Waals surface area contributed by atoms with Crippen molar-refractivity contribution in [1.29, 1.82) is 0 Å². The van der Waals surface area contributed by atoms with Gasteiger partial charge < -0.3 is 5.73 Å². The van der Waals surface area contributed by atoms with Crippen LogP contribution in [0.1, 0.15) is 11.1 Å². The van der Waals surface area contributed by atoms with Crippen LogP contribution >= 0.6 is 11.8 Å². The molecule has 0 saturated carbocycles. The van der Waals surface area contributed by atoms with E-state index in [0.717, 1.165) is 23.4 Å². The van der Waals surface area contributed by atoms with E-state index in [1.54, 1.807) is 11.8 Å². The number of rotatable bonds is 3. The third-order valence-electron chi connectivity index (χ3n) is 3.36. The standard InChI is InChI=1S/C15H20N2O2S2/c1-21(18,19)15-12-20-10-9-17(15)11-14-6-4-13(5-7-14)3-2-8-16/h4-7,15H,8-12,16H2,1H3. The van der Waals surface area contributed by atoms with E-state index in [9.17, 15) is 8.42 Å². The fraction of sp³-hybridized carbons (Fsp3) is 0.467. The number of nitrogens with two attached hydrogens (primary N) is 1. The van der Waals surface area contributed by atoms with E-state index >= 15 is 0 Å². The maximum absolute atomic E-state index is 11.9. The molecular weight excluding hydrogens is 304 g/mol. The zero-order chi connectivity index (χ0) is 15.3. The van der Waals surface area contributed by atoms with Gasteiger partial charge >= 0.3 is 0 Å². The zero-order valence-corrected chi connectivity index (χ0v) is 13.7. The van der Waals surface area contributed by atoms with Crippen LogP contribution in [0, 0.1) is 11.8 Å². The van der Waals surface area contributed by atoms with Crippen LogP contribution in [-0.2, 0) is 16.4 Å². The third kappa shape index (κ3) is 4.75. The monoisotopic (exact) mass is 324 g/mol. The first kappa shape index (κ1) is 16.4. The Morgan fingerprint density at radius 3 is 2.71 bits per heavy atom. The van der Waals surface area contributed by atoms with Gasteiger partial charge in [-0.25, -0.2) is 8.42 Å². The number of benzene rings is 1. The Labute approximate surface area is 131 Å². The lowest BCUT2D eigenvalue weighted by atomic mass is 10.1. The fourth-order valence-corrected chi connectivity index (χ4v) is 5.21. The summed E-state index contributed by atoms with van der Waals surface area (Å²) in [5.41, 5.74) is 7.38. The van der Waals surface area contributed by atoms with Gasteiger partial charge in [-0.3, -0.25) is 4.90 Å². The van der Waals surface area contributed by atoms with E-state index in [-0.39, 0.29) is 5.37 Å². The van der Waals surface area contributed by atoms with Crippen LogP contribution in [0.4, 0.5) is 0 Å². The van der Waals surface area contributed by atoms with E-state index in [4.69, 9.17) is 5.73 Å². The van der Waals surface area contributed by atoms with Gasteiger partial charge in [0.15, 0.2) is 9.84 Å². The van der Waals surface area contributed by atoms with Crippen molar-refractivity contribution in [2.45, 2.75) is 11.9 Å². The molecule has 1 fully saturated rings. The third-order valence-corrected chi connectivity index (χ3v) is 6.05. The Morgan fingerprint density at radius 1 is 1.38 bits per heavy atom. The summed E-state index contributed by atoms with van der Waals surface area (Å²) in [6.07, 6.45) is 1.32. The summed E-state index contributed by atoms with van der Waals surface area (Å²) in [7, 11) is -3.05. The maximum atomic E-state index is 11.9. The van der Waals surface area contributed by atoms with Crippen molar-refractivity contribution in [2.75, 3.05) is 30.9 Å². The summed E-state index contributed by atoms with van der Waals surface area (Å²) in [5, 5.41) is -0.382. The summed E-state index contributed by atoms with van der Waals surface area (Å²) in [4.78, 5) is 2.05. The molecule has 1 aliphatic heterocycles. The average Bonchev–Trinajstić information content (AvgIpc) is 2.46. The fourth-order valence-electron chi connectivity index (χ4n) is 2.27. The molecule has 1 saturated heterocycles. The van der Waals surface area contributed by atoms with Crippen LogP contribution in [0.3, 0.4) is 0 Å². The molecule has 114 valence electrons. The Hall–Kier alpha value is -1.00. The lowest BCUT2D eigenvalue weighted by molar-refractivity contribution is 0.262. The second kappa shape index (κ2) is 7.32. The molecule has 1 aromatic carbocycles. The second-order valence-corrected chi connectivity index (χ2v) is 8.39. The van der Waals surface area contributed by atoms with E-state index in [1.165, 1.54) is 6.26 Å². The average molecular weight is 324 g/mol. The van der Waals surface area contributed by atoms with E-state index < -0.39 is 9.84 Å². The molecule has 0 radical (unpaired) electrons. The summed E-state index contributed by atoms with van der Waals surface area (Å²) in [6, 6.07) is 7.90. The molecule has 2 N–H and O–H groups in total. The van der Waals surface area contributed by atoms with Crippen molar-refractivity contribution < 1.29 is 8.42 Å². The van der Waals surface area contributed by atoms with E-state index in [0.29, 0.717) is 18.8 Å². The highest BCUT2D eigenvalue weighted by Crippen LogP contribution is 2.22. The molecule has 6 heteroatoms. The molecule has 1 atom stereocenters. The number of thioether (sulfide) groups is 1. The van der Waals surface area contributed by atoms with Crippen molar-refractivity contribution in [1.82, 2.24) is 4.90 Å². The van der Waals surface area contributed by atoms with Crippen molar-refractivity contribution >= 4 is 21.6 Å². The van der Waals surface area contributed by atoms with Crippen LogP contribution in [0.25, 0.3) is 0 Å². The molecule has 4 nitrogen and oxygen atoms in total. The van der Waals surface area contributed by atoms with Gasteiger partial charge in [0.25, 0.3) is 0 Å². The van der Waals surface area contributed by atoms with Crippen LogP contribution in [0.2, 0.25) is 0 Å². The maximum Gasteiger partial charge on any atom is 0.164 e. The molecule has 21 heavy (non-hydrogen) atoms. The van der Waals surface area contributed by atoms with Gasteiger partial charge in [-0.2, -0.15) is 11.8 Å². The topological polar surface area (TPSA) is 63.4 Å². The van der Waals surface area contributed by atoms with Crippen LogP contribution < -0.4 is 5.73 Å². The first-order valence-corrected chi connectivity index (χ1v) is 9.90. The first-order chi connectivity index (χ1) is 10.0. The minimum absolute atomic E-state index is 0.350. The van der Waals surface area contributed by atoms with Crippen LogP contribution in [0.5, 0.6) is 0 Å². The minimum Gasteiger partial charge on any atom is -0.320 e. The van der Waals surface area contributed by atoms with Gasteiger partial charge in [-0.15, -0.1) is 0 Å². The summed E-state index contributed by atoms with van der Waals surface area (Å²) >= 11 is 1.70. The Kier molecular flexibility index (Phi) is 5.71. The smallest absolute Gasteiger partial charge is 0.164 e. The molecule has 2 rings (SSSR count). The molecule has 0 spiro atoms. The van der Waals surface area contributed by atoms with E-state index in [2.05, 4.69) is 11.8 Å². The molecule has 1 aromatic rings. The summed E-state index contributed by atoms with van der Waals surface area (Å²) in [6.45, 7) is 1.81. The van der Waals surface area contributed by atoms with Gasteiger partial charge in [0.05, 0.1) is 6.54 Å². The highest BCUT2D eigenvalue weighted by Gasteiger charge is 2.30. The second-order valence-electron chi connectivity index (χ2n) is 5.03. The van der Waals surface area contributed by atoms with Crippen molar-refractivity contribution in [3.8, 4) is 11.8 Å². The van der Waals surface area contributed by atoms with Gasteiger partial charge in [0.2, 0.25) is 0 Å². The van der Waals surface area contributed by atoms with Crippen molar-refractivity contribution in [3.63, 3.8) is 0 Å². The molecule has 0 bridgehead atoms. The highest BCUT2D eigenvalue weighted by atomic mass is 32.2. The Balaban J connectivity index is 2.09. The largest absolute Gasteiger partial charge is 0.320 e. The van der Waals surface area contributed by atoms with Gasteiger partial charge in [-0.05, 0) is 17.7 Å². The van der Waals surface area contributed by atoms with Gasteiger partial charge in [-0.1, -0.05) is 24.0 Å². The van der Waals surface area contributed by atoms with Gasteiger partial charge in [0, 0.05) is 36.4 Å². The molecule has 0 aliphatic carbocycles. The molecule has 0 aromatic heterocycles. The zero-order valence-electron chi connectivity index (χ0n) is 12.1. The van der Waals surface area contributed by atoms with Crippen molar-refractivity contribution in [3.05, 3.63) is 35.4 Å². The molecule has 1 aliphatic rings. The van der Waals surface area contributed by atoms with Crippen LogP contribution in [-0.4, -0.2) is 49.5 Å².